The Kier molecular flexibility index (Phi) is 1.63. The zero-order valence-electron chi connectivity index (χ0n) is 7.90. The van der Waals surface area contributed by atoms with E-state index >= 15 is 0 Å². The molecule has 2 unspecified atom stereocenters. The van der Waals surface area contributed by atoms with Crippen LogP contribution in [0.3, 0.4) is 0 Å². The molecule has 1 fully saturated rings. The van der Waals surface area contributed by atoms with Crippen molar-refractivity contribution in [2.24, 2.45) is 5.92 Å². The lowest BCUT2D eigenvalue weighted by Crippen LogP contribution is -2.24. The molecule has 0 aromatic rings. The summed E-state index contributed by atoms with van der Waals surface area (Å²) >= 11 is 0. The van der Waals surface area contributed by atoms with Crippen LogP contribution in [-0.2, 0) is 9.53 Å². The zero-order chi connectivity index (χ0) is 9.54. The first-order valence-electron chi connectivity index (χ1n) is 5.14. The maximum atomic E-state index is 11.1. The first-order valence-corrected chi connectivity index (χ1v) is 5.14. The van der Waals surface area contributed by atoms with Gasteiger partial charge in [0.05, 0.1) is 0 Å². The molecule has 3 aliphatic rings. The van der Waals surface area contributed by atoms with Crippen molar-refractivity contribution in [3.8, 4) is 0 Å². The molecule has 2 atom stereocenters. The molecule has 0 radical (unpaired) electrons. The molecule has 0 aromatic carbocycles. The summed E-state index contributed by atoms with van der Waals surface area (Å²) in [6.45, 7) is 0. The summed E-state index contributed by atoms with van der Waals surface area (Å²) in [4.78, 5) is 11.1. The fourth-order valence-corrected chi connectivity index (χ4v) is 2.58. The molecule has 1 heterocycles. The van der Waals surface area contributed by atoms with Crippen LogP contribution in [0.5, 0.6) is 0 Å². The van der Waals surface area contributed by atoms with E-state index in [0.717, 1.165) is 24.8 Å². The van der Waals surface area contributed by atoms with Crippen molar-refractivity contribution in [1.29, 1.82) is 0 Å². The third-order valence-corrected chi connectivity index (χ3v) is 3.26. The molecule has 0 aromatic heterocycles. The Balaban J connectivity index is 2.02. The van der Waals surface area contributed by atoms with Crippen molar-refractivity contribution in [2.75, 3.05) is 0 Å². The highest BCUT2D eigenvalue weighted by Gasteiger charge is 2.36. The monoisotopic (exact) mass is 188 g/mol. The summed E-state index contributed by atoms with van der Waals surface area (Å²) < 4.78 is 5.22. The van der Waals surface area contributed by atoms with Crippen LogP contribution >= 0.6 is 0 Å². The summed E-state index contributed by atoms with van der Waals surface area (Å²) in [5.74, 6) is 0.457. The molecule has 14 heavy (non-hydrogen) atoms. The Morgan fingerprint density at radius 2 is 2.21 bits per heavy atom. The second-order valence-corrected chi connectivity index (χ2v) is 4.09. The Morgan fingerprint density at radius 1 is 1.29 bits per heavy atom. The highest BCUT2D eigenvalue weighted by atomic mass is 16.5. The molecule has 0 N–H and O–H groups in total. The number of carbonyl (C=O) groups excluding carboxylic acids is 1. The third-order valence-electron chi connectivity index (χ3n) is 3.26. The van der Waals surface area contributed by atoms with Crippen LogP contribution in [0.1, 0.15) is 19.3 Å². The third kappa shape index (κ3) is 1.07. The van der Waals surface area contributed by atoms with E-state index in [-0.39, 0.29) is 12.1 Å². The predicted octanol–water partition coefficient (Wildman–Crippen LogP) is 2.13. The van der Waals surface area contributed by atoms with Gasteiger partial charge in [-0.25, -0.2) is 4.79 Å². The van der Waals surface area contributed by atoms with Gasteiger partial charge in [0.2, 0.25) is 0 Å². The van der Waals surface area contributed by atoms with Crippen molar-refractivity contribution in [2.45, 2.75) is 25.4 Å². The molecule has 0 bridgehead atoms. The number of fused-ring (bicyclic) bond motifs is 3. The Labute approximate surface area is 82.9 Å². The van der Waals surface area contributed by atoms with Gasteiger partial charge < -0.3 is 4.74 Å². The molecule has 2 heteroatoms. The fourth-order valence-electron chi connectivity index (χ4n) is 2.58. The number of ether oxygens (including phenoxy) is 1. The summed E-state index contributed by atoms with van der Waals surface area (Å²) in [7, 11) is 0. The van der Waals surface area contributed by atoms with Crippen LogP contribution in [0.4, 0.5) is 0 Å². The topological polar surface area (TPSA) is 26.3 Å². The SMILES string of the molecule is O=C1C=C2C3=CC=CCC3CCC2O1. The quantitative estimate of drug-likeness (QED) is 0.544. The van der Waals surface area contributed by atoms with E-state index in [1.165, 1.54) is 5.57 Å². The van der Waals surface area contributed by atoms with E-state index in [9.17, 15) is 4.79 Å². The van der Waals surface area contributed by atoms with Crippen LogP contribution in [-0.4, -0.2) is 12.1 Å². The molecule has 2 nitrogen and oxygen atoms in total. The molecular formula is C12H12O2. The summed E-state index contributed by atoms with van der Waals surface area (Å²) in [5, 5.41) is 0. The highest BCUT2D eigenvalue weighted by Crippen LogP contribution is 2.41. The van der Waals surface area contributed by atoms with Gasteiger partial charge in [-0.1, -0.05) is 18.2 Å². The Hall–Kier alpha value is -1.31. The first kappa shape index (κ1) is 8.04. The number of hydrogen-bond acceptors (Lipinski definition) is 2. The largest absolute Gasteiger partial charge is 0.454 e. The summed E-state index contributed by atoms with van der Waals surface area (Å²) in [6, 6.07) is 0. The smallest absolute Gasteiger partial charge is 0.331 e. The standard InChI is InChI=1S/C12H12O2/c13-12-7-10-9-4-2-1-3-8(9)5-6-11(10)14-12/h1-2,4,7-8,11H,3,5-6H2. The lowest BCUT2D eigenvalue weighted by molar-refractivity contribution is -0.139. The number of hydrogen-bond donors (Lipinski definition) is 0. The van der Waals surface area contributed by atoms with Crippen molar-refractivity contribution in [3.63, 3.8) is 0 Å². The number of allylic oxidation sites excluding steroid dienone is 3. The van der Waals surface area contributed by atoms with Crippen molar-refractivity contribution < 1.29 is 9.53 Å². The first-order chi connectivity index (χ1) is 6.84. The fraction of sp³-hybridized carbons (Fsp3) is 0.417. The van der Waals surface area contributed by atoms with E-state index in [1.54, 1.807) is 6.08 Å². The van der Waals surface area contributed by atoms with Gasteiger partial charge in [-0.2, -0.15) is 0 Å². The predicted molar refractivity (Wildman–Crippen MR) is 52.5 cm³/mol. The average Bonchev–Trinajstić information content (AvgIpc) is 2.59. The Bertz CT molecular complexity index is 368. The summed E-state index contributed by atoms with van der Waals surface area (Å²) in [6.07, 6.45) is 11.4. The van der Waals surface area contributed by atoms with Crippen molar-refractivity contribution >= 4 is 5.97 Å². The highest BCUT2D eigenvalue weighted by molar-refractivity contribution is 5.87. The van der Waals surface area contributed by atoms with Crippen LogP contribution in [0.15, 0.2) is 35.5 Å². The molecular weight excluding hydrogens is 176 g/mol. The molecule has 0 saturated heterocycles. The molecule has 1 aliphatic heterocycles. The molecule has 3 rings (SSSR count). The normalized spacial score (nSPS) is 34.1. The number of rotatable bonds is 0. The van der Waals surface area contributed by atoms with Gasteiger partial charge >= 0.3 is 5.97 Å². The van der Waals surface area contributed by atoms with Gasteiger partial charge in [-0.3, -0.25) is 0 Å². The molecule has 0 amide bonds. The van der Waals surface area contributed by atoms with E-state index in [1.807, 2.05) is 0 Å². The van der Waals surface area contributed by atoms with Gasteiger partial charge in [0.15, 0.2) is 0 Å². The number of carbonyl (C=O) groups is 1. The Morgan fingerprint density at radius 3 is 3.14 bits per heavy atom. The van der Waals surface area contributed by atoms with Crippen LogP contribution < -0.4 is 0 Å². The lowest BCUT2D eigenvalue weighted by Gasteiger charge is -2.31. The second kappa shape index (κ2) is 2.84. The van der Waals surface area contributed by atoms with E-state index < -0.39 is 0 Å². The minimum Gasteiger partial charge on any atom is -0.454 e. The van der Waals surface area contributed by atoms with Gasteiger partial charge in [-0.05, 0) is 30.8 Å². The summed E-state index contributed by atoms with van der Waals surface area (Å²) in [5.41, 5.74) is 2.46. The van der Waals surface area contributed by atoms with E-state index in [0.29, 0.717) is 5.92 Å². The average molecular weight is 188 g/mol. The van der Waals surface area contributed by atoms with Crippen molar-refractivity contribution in [1.82, 2.24) is 0 Å². The number of esters is 1. The van der Waals surface area contributed by atoms with Crippen LogP contribution in [0.25, 0.3) is 0 Å². The molecule has 72 valence electrons. The maximum absolute atomic E-state index is 11.1. The van der Waals surface area contributed by atoms with Crippen LogP contribution in [0.2, 0.25) is 0 Å². The van der Waals surface area contributed by atoms with E-state index in [2.05, 4.69) is 18.2 Å². The van der Waals surface area contributed by atoms with Gasteiger partial charge in [0, 0.05) is 11.6 Å². The minimum absolute atomic E-state index is 0.0523. The van der Waals surface area contributed by atoms with Gasteiger partial charge in [0.25, 0.3) is 0 Å². The minimum atomic E-state index is -0.166. The van der Waals surface area contributed by atoms with Crippen LogP contribution in [0, 0.1) is 5.92 Å². The zero-order valence-corrected chi connectivity index (χ0v) is 7.90. The molecule has 1 saturated carbocycles. The van der Waals surface area contributed by atoms with Crippen molar-refractivity contribution in [3.05, 3.63) is 35.5 Å². The maximum Gasteiger partial charge on any atom is 0.331 e. The van der Waals surface area contributed by atoms with Gasteiger partial charge in [-0.15, -0.1) is 0 Å². The molecule has 2 aliphatic carbocycles. The lowest BCUT2D eigenvalue weighted by atomic mass is 9.76. The molecule has 0 spiro atoms. The second-order valence-electron chi connectivity index (χ2n) is 4.09. The van der Waals surface area contributed by atoms with E-state index in [4.69, 9.17) is 4.74 Å². The van der Waals surface area contributed by atoms with Gasteiger partial charge in [0.1, 0.15) is 6.10 Å².